The Labute approximate surface area is 658 Å². The molecule has 31 heteroatoms. The van der Waals surface area contributed by atoms with E-state index in [0.717, 1.165) is 97.5 Å². The molecule has 0 bridgehead atoms. The van der Waals surface area contributed by atoms with Crippen LogP contribution in [0, 0.1) is 23.7 Å². The van der Waals surface area contributed by atoms with Gasteiger partial charge in [-0.3, -0.25) is 57.5 Å². The molecule has 0 radical (unpaired) electrons. The van der Waals surface area contributed by atoms with Crippen molar-refractivity contribution < 1.29 is 84.9 Å². The first-order valence-electron chi connectivity index (χ1n) is 40.7. The predicted octanol–water partition coefficient (Wildman–Crippen LogP) is 6.96. The largest absolute Gasteiger partial charge is 0.417 e. The Kier molecular flexibility index (Phi) is 33.2. The number of aryl methyl sites for hydroxylation is 1. The van der Waals surface area contributed by atoms with Gasteiger partial charge in [-0.15, -0.1) is 0 Å². The summed E-state index contributed by atoms with van der Waals surface area (Å²) in [5.74, 6) is -9.16. The molecule has 622 valence electrons. The fourth-order valence-electron chi connectivity index (χ4n) is 17.2. The number of amides is 12. The van der Waals surface area contributed by atoms with Gasteiger partial charge in [-0.05, 0) is 131 Å². The second-order valence-corrected chi connectivity index (χ2v) is 33.3. The van der Waals surface area contributed by atoms with Crippen molar-refractivity contribution in [2.24, 2.45) is 23.7 Å². The van der Waals surface area contributed by atoms with Crippen LogP contribution in [0.1, 0.15) is 206 Å². The Morgan fingerprint density at radius 2 is 1.26 bits per heavy atom. The number of fused-ring (bicyclic) bond motifs is 1. The quantitative estimate of drug-likeness (QED) is 0.141. The molecule has 27 nitrogen and oxygen atoms in total. The Balaban J connectivity index is 1.21. The van der Waals surface area contributed by atoms with Gasteiger partial charge in [-0.1, -0.05) is 116 Å². The molecule has 4 aliphatic heterocycles. The average Bonchev–Trinajstić information content (AvgIpc) is 1.74. The van der Waals surface area contributed by atoms with Gasteiger partial charge in [0.1, 0.15) is 47.8 Å². The third kappa shape index (κ3) is 23.7. The summed E-state index contributed by atoms with van der Waals surface area (Å²) in [5.41, 5.74) is -2.48. The van der Waals surface area contributed by atoms with Crippen molar-refractivity contribution in [1.82, 2.24) is 60.0 Å². The maximum atomic E-state index is 16.1. The number of hydrogen-bond acceptors (Lipinski definition) is 15. The van der Waals surface area contributed by atoms with Crippen LogP contribution in [0.25, 0.3) is 0 Å². The van der Waals surface area contributed by atoms with Gasteiger partial charge in [0.05, 0.1) is 56.0 Å². The number of carbonyl (C=O) groups is 12. The van der Waals surface area contributed by atoms with Gasteiger partial charge in [0.15, 0.2) is 6.29 Å². The van der Waals surface area contributed by atoms with Gasteiger partial charge in [-0.2, -0.15) is 13.2 Å². The fourth-order valence-corrected chi connectivity index (χ4v) is 17.5. The minimum absolute atomic E-state index is 0.00677. The van der Waals surface area contributed by atoms with Crippen molar-refractivity contribution in [2.75, 3.05) is 108 Å². The number of halogens is 4. The van der Waals surface area contributed by atoms with Crippen LogP contribution in [0.5, 0.6) is 0 Å². The van der Waals surface area contributed by atoms with E-state index in [2.05, 4.69) is 16.0 Å². The van der Waals surface area contributed by atoms with Crippen LogP contribution in [0.15, 0.2) is 18.2 Å². The summed E-state index contributed by atoms with van der Waals surface area (Å²) in [6, 6.07) is -6.00. The third-order valence-electron chi connectivity index (χ3n) is 24.2. The van der Waals surface area contributed by atoms with Gasteiger partial charge < -0.3 is 74.3 Å². The zero-order chi connectivity index (χ0) is 81.2. The van der Waals surface area contributed by atoms with E-state index in [4.69, 9.17) is 25.8 Å². The summed E-state index contributed by atoms with van der Waals surface area (Å²) < 4.78 is 60.4. The number of likely N-dealkylation sites (tertiary alicyclic amines) is 1. The lowest BCUT2D eigenvalue weighted by Gasteiger charge is -2.43. The SMILES string of the molecule is CC[C@H](C)[C@@H]1NC(=O)[C@H](CC(C)C)N(C)C(=O)C[C@@H](C(=O)N2CCCCC2)N(C)C(=O)[C@H](C2CCCCC2)N(C)C(=O)C2(CCCC2)NC(=O)[C@@H]2C[C@H](OCCOC3CCCCO3)CN2C(=O)[C@H](CCc2ccc(C(F)(F)F)c(Cl)c2)NC(=O)CN(C)C(=O)C(CC2CCCCC2)N(C)C(=O)CN(C)C(=O)CN(C)C1=O. The van der Waals surface area contributed by atoms with Crippen LogP contribution in [0.3, 0.4) is 0 Å². The summed E-state index contributed by atoms with van der Waals surface area (Å²) in [6.07, 6.45) is 7.02. The van der Waals surface area contributed by atoms with Gasteiger partial charge in [0.2, 0.25) is 70.9 Å². The summed E-state index contributed by atoms with van der Waals surface area (Å²) >= 11 is 6.25. The number of likely N-dealkylation sites (N-methyl/N-ethyl adjacent to an activating group) is 7. The first-order chi connectivity index (χ1) is 52.6. The van der Waals surface area contributed by atoms with E-state index >= 15 is 33.6 Å². The van der Waals surface area contributed by atoms with E-state index in [0.29, 0.717) is 71.1 Å². The van der Waals surface area contributed by atoms with Gasteiger partial charge in [0.25, 0.3) is 0 Å². The standard InChI is InChI=1S/C80H124ClF3N12O15/c1-12-52(4)69-76(106)90(7)49-66(99)88(5)50-67(100)92(9)62(44-53-26-16-13-17-27-53)74(104)89(6)48-64(97)85-59(34-32-54-31-33-57(58(81)43-54)80(82,83)84)73(103)96-47-56(109-40-41-111-68-30-20-25-39-110-68)45-61(96)72(102)87-79(35-21-22-36-79)78(108)94(11)70(55-28-18-14-19-29-55)77(107)93(10)63(75(105)95-37-23-15-24-38-95)46-65(98)91(8)60(42-51(2)3)71(101)86-69/h31,33,43,51-53,55-56,59-63,68-70H,12-30,32,34-42,44-50H2,1-11H3,(H,85,97)(H,86,101)(H,87,102)/t52-,56-,59-,60-,61-,62?,63-,68?,69-,70-/m0/s1. The molecule has 0 aromatic heterocycles. The minimum atomic E-state index is -4.79. The van der Waals surface area contributed by atoms with Crippen LogP contribution in [0.2, 0.25) is 5.02 Å². The number of rotatable bonds is 16. The zero-order valence-electron chi connectivity index (χ0n) is 67.4. The predicted molar refractivity (Wildman–Crippen MR) is 408 cm³/mol. The monoisotopic (exact) mass is 1580 g/mol. The Morgan fingerprint density at radius 3 is 1.88 bits per heavy atom. The molecule has 1 aromatic rings. The topological polar surface area (TPSA) is 298 Å². The maximum absolute atomic E-state index is 16.1. The number of nitrogens with one attached hydrogen (secondary N) is 3. The normalized spacial score (nSPS) is 27.6. The lowest BCUT2D eigenvalue weighted by atomic mass is 9.81. The van der Waals surface area contributed by atoms with Crippen molar-refractivity contribution in [3.05, 3.63) is 34.3 Å². The van der Waals surface area contributed by atoms with E-state index in [1.54, 1.807) is 11.8 Å². The highest BCUT2D eigenvalue weighted by Crippen LogP contribution is 2.39. The summed E-state index contributed by atoms with van der Waals surface area (Å²) in [4.78, 5) is 194. The number of carbonyl (C=O) groups excluding carboxylic acids is 12. The second-order valence-electron chi connectivity index (χ2n) is 32.9. The van der Waals surface area contributed by atoms with E-state index in [1.807, 2.05) is 20.8 Å². The molecule has 3 N–H and O–H groups in total. The summed E-state index contributed by atoms with van der Waals surface area (Å²) in [7, 11) is 10.00. The highest BCUT2D eigenvalue weighted by atomic mass is 35.5. The highest BCUT2D eigenvalue weighted by molar-refractivity contribution is 6.31. The zero-order valence-corrected chi connectivity index (χ0v) is 68.1. The molecule has 7 aliphatic rings. The molecule has 10 atom stereocenters. The lowest BCUT2D eigenvalue weighted by molar-refractivity contribution is -0.171. The first-order valence-corrected chi connectivity index (χ1v) is 41.0. The molecule has 3 saturated carbocycles. The molecular formula is C80H124ClF3N12O15. The van der Waals surface area contributed by atoms with E-state index in [9.17, 15) is 37.1 Å². The van der Waals surface area contributed by atoms with Gasteiger partial charge in [-0.25, -0.2) is 0 Å². The van der Waals surface area contributed by atoms with Crippen LogP contribution in [0.4, 0.5) is 13.2 Å². The summed E-state index contributed by atoms with van der Waals surface area (Å²) in [5, 5.41) is 8.25. The molecule has 4 saturated heterocycles. The second kappa shape index (κ2) is 41.2. The molecule has 1 spiro atoms. The number of hydrogen-bond donors (Lipinski definition) is 3. The van der Waals surface area contributed by atoms with E-state index in [-0.39, 0.29) is 82.1 Å². The number of alkyl halides is 3. The molecule has 8 rings (SSSR count). The lowest BCUT2D eigenvalue weighted by Crippen LogP contribution is -2.65. The maximum Gasteiger partial charge on any atom is 0.417 e. The number of nitrogens with zero attached hydrogens (tertiary/aromatic N) is 9. The first kappa shape index (κ1) is 89.4. The highest BCUT2D eigenvalue weighted by Gasteiger charge is 2.53. The number of ether oxygens (including phenoxy) is 3. The van der Waals surface area contributed by atoms with Crippen LogP contribution in [-0.2, 0) is 84.3 Å². The molecule has 7 fully saturated rings. The molecule has 111 heavy (non-hydrogen) atoms. The number of benzene rings is 1. The van der Waals surface area contributed by atoms with Gasteiger partial charge in [0, 0.05) is 82.0 Å². The van der Waals surface area contributed by atoms with Gasteiger partial charge >= 0.3 is 6.18 Å². The van der Waals surface area contributed by atoms with Crippen molar-refractivity contribution in [1.29, 1.82) is 0 Å². The van der Waals surface area contributed by atoms with Crippen molar-refractivity contribution in [3.8, 4) is 0 Å². The fraction of sp³-hybridized carbons (Fsp3) is 0.775. The molecule has 4 heterocycles. The van der Waals surface area contributed by atoms with Crippen molar-refractivity contribution >= 4 is 82.5 Å². The number of piperidine rings is 1. The molecule has 12 amide bonds. The molecule has 2 unspecified atom stereocenters. The Bertz CT molecular complexity index is 3400. The third-order valence-corrected chi connectivity index (χ3v) is 24.6. The van der Waals surface area contributed by atoms with Crippen LogP contribution >= 0.6 is 11.6 Å². The summed E-state index contributed by atoms with van der Waals surface area (Å²) in [6.45, 7) is 6.72. The molecule has 3 aliphatic carbocycles. The van der Waals surface area contributed by atoms with E-state index in [1.165, 1.54) is 79.9 Å². The minimum Gasteiger partial charge on any atom is -0.374 e. The smallest absolute Gasteiger partial charge is 0.374 e. The van der Waals surface area contributed by atoms with Crippen molar-refractivity contribution in [2.45, 2.75) is 267 Å². The van der Waals surface area contributed by atoms with E-state index < -0.39 is 186 Å². The molecular weight excluding hydrogens is 1460 g/mol. The van der Waals surface area contributed by atoms with Crippen molar-refractivity contribution in [3.63, 3.8) is 0 Å². The molecule has 1 aromatic carbocycles. The average molecular weight is 1590 g/mol. The van der Waals surface area contributed by atoms with Crippen LogP contribution < -0.4 is 16.0 Å². The Hall–Kier alpha value is -7.18. The van der Waals surface area contributed by atoms with Crippen LogP contribution in [-0.4, -0.2) is 284 Å². The Morgan fingerprint density at radius 1 is 0.649 bits per heavy atom.